The summed E-state index contributed by atoms with van der Waals surface area (Å²) in [6.45, 7) is 4.42. The number of hydrogen-bond acceptors (Lipinski definition) is 3. The van der Waals surface area contributed by atoms with Gasteiger partial charge in [-0.1, -0.05) is 361 Å². The number of hydrogen-bond donors (Lipinski definition) is 3. The van der Waals surface area contributed by atoms with Crippen molar-refractivity contribution < 1.29 is 15.0 Å². The van der Waals surface area contributed by atoms with E-state index in [0.29, 0.717) is 12.8 Å². The lowest BCUT2D eigenvalue weighted by molar-refractivity contribution is -0.123. The Bertz CT molecular complexity index is 894. The standard InChI is InChI=1S/C63H127NO3/c1-3-5-7-9-11-13-15-17-19-21-23-25-27-29-30-31-32-33-34-35-36-38-40-42-44-46-48-50-52-54-56-58-62(66)61(60-65)64-63(67)59-57-55-53-51-49-47-45-43-41-39-37-28-26-24-22-20-18-16-14-12-10-8-6-4-2/h61-62,65-66H,3-60H2,1-2H3,(H,64,67). The van der Waals surface area contributed by atoms with Gasteiger partial charge in [0.2, 0.25) is 5.91 Å². The Labute approximate surface area is 423 Å². The number of carbonyl (C=O) groups is 1. The fourth-order valence-electron chi connectivity index (χ4n) is 10.5. The van der Waals surface area contributed by atoms with Crippen LogP contribution in [-0.4, -0.2) is 34.9 Å². The van der Waals surface area contributed by atoms with Gasteiger partial charge in [0.25, 0.3) is 0 Å². The van der Waals surface area contributed by atoms with Crippen LogP contribution in [0, 0.1) is 0 Å². The molecule has 0 aliphatic carbocycles. The molecule has 0 aliphatic heterocycles. The van der Waals surface area contributed by atoms with E-state index in [0.717, 1.165) is 25.7 Å². The van der Waals surface area contributed by atoms with Gasteiger partial charge in [0.15, 0.2) is 0 Å². The molecule has 1 amide bonds. The lowest BCUT2D eigenvalue weighted by Gasteiger charge is -2.22. The summed E-state index contributed by atoms with van der Waals surface area (Å²) in [5, 5.41) is 23.4. The van der Waals surface area contributed by atoms with Gasteiger partial charge in [-0.25, -0.2) is 0 Å². The number of unbranched alkanes of at least 4 members (excludes halogenated alkanes) is 53. The summed E-state index contributed by atoms with van der Waals surface area (Å²) in [6.07, 6.45) is 77.0. The second-order valence-corrected chi connectivity index (χ2v) is 22.2. The minimum Gasteiger partial charge on any atom is -0.394 e. The molecule has 0 spiro atoms. The zero-order chi connectivity index (χ0) is 48.5. The van der Waals surface area contributed by atoms with Crippen molar-refractivity contribution in [1.29, 1.82) is 0 Å². The zero-order valence-electron chi connectivity index (χ0n) is 46.5. The molecular formula is C63H127NO3. The highest BCUT2D eigenvalue weighted by Gasteiger charge is 2.20. The number of rotatable bonds is 60. The van der Waals surface area contributed by atoms with Crippen LogP contribution in [0.25, 0.3) is 0 Å². The van der Waals surface area contributed by atoms with Crippen LogP contribution in [0.4, 0.5) is 0 Å². The van der Waals surface area contributed by atoms with Crippen molar-refractivity contribution in [3.8, 4) is 0 Å². The maximum atomic E-state index is 12.5. The van der Waals surface area contributed by atoms with Gasteiger partial charge in [-0.15, -0.1) is 0 Å². The molecule has 402 valence electrons. The SMILES string of the molecule is CCCCCCCCCCCCCCCCCCCCCCCCCCCCCCCCCC(O)C(CO)NC(=O)CCCCCCCCCCCCCCCCCCCCCCCCCC. The predicted octanol–water partition coefficient (Wildman–Crippen LogP) is 21.1. The predicted molar refractivity (Wildman–Crippen MR) is 300 cm³/mol. The van der Waals surface area contributed by atoms with Crippen LogP contribution in [0.2, 0.25) is 0 Å². The first-order chi connectivity index (χ1) is 33.2. The Morgan fingerprint density at radius 1 is 0.299 bits per heavy atom. The molecule has 0 aromatic carbocycles. The highest BCUT2D eigenvalue weighted by Crippen LogP contribution is 2.19. The smallest absolute Gasteiger partial charge is 0.220 e. The van der Waals surface area contributed by atoms with Gasteiger partial charge in [-0.3, -0.25) is 4.79 Å². The number of aliphatic hydroxyl groups excluding tert-OH is 2. The van der Waals surface area contributed by atoms with E-state index in [-0.39, 0.29) is 12.5 Å². The van der Waals surface area contributed by atoms with Crippen molar-refractivity contribution in [2.24, 2.45) is 0 Å². The minimum absolute atomic E-state index is 0.0206. The molecule has 0 aromatic rings. The van der Waals surface area contributed by atoms with E-state index in [1.807, 2.05) is 0 Å². The number of nitrogens with one attached hydrogen (secondary N) is 1. The Morgan fingerprint density at radius 3 is 0.672 bits per heavy atom. The summed E-state index contributed by atoms with van der Waals surface area (Å²) >= 11 is 0. The molecule has 0 aromatic heterocycles. The summed E-state index contributed by atoms with van der Waals surface area (Å²) in [5.74, 6) is -0.0206. The third kappa shape index (κ3) is 56.2. The molecule has 0 fully saturated rings. The van der Waals surface area contributed by atoms with Crippen molar-refractivity contribution in [3.63, 3.8) is 0 Å². The molecule has 0 aliphatic rings. The molecule has 3 N–H and O–H groups in total. The van der Waals surface area contributed by atoms with Crippen LogP contribution in [0.3, 0.4) is 0 Å². The van der Waals surface area contributed by atoms with Crippen molar-refractivity contribution in [2.75, 3.05) is 6.61 Å². The van der Waals surface area contributed by atoms with Crippen molar-refractivity contribution >= 4 is 5.91 Å². The van der Waals surface area contributed by atoms with E-state index in [2.05, 4.69) is 19.2 Å². The molecule has 4 nitrogen and oxygen atoms in total. The highest BCUT2D eigenvalue weighted by atomic mass is 16.3. The third-order valence-corrected chi connectivity index (χ3v) is 15.4. The van der Waals surface area contributed by atoms with Crippen molar-refractivity contribution in [1.82, 2.24) is 5.32 Å². The first-order valence-electron chi connectivity index (χ1n) is 31.7. The molecule has 0 bridgehead atoms. The highest BCUT2D eigenvalue weighted by molar-refractivity contribution is 5.76. The second kappa shape index (κ2) is 59.7. The molecular weight excluding hydrogens is 819 g/mol. The van der Waals surface area contributed by atoms with Crippen LogP contribution in [0.1, 0.15) is 380 Å². The number of aliphatic hydroxyl groups is 2. The molecule has 0 heterocycles. The third-order valence-electron chi connectivity index (χ3n) is 15.4. The average Bonchev–Trinajstić information content (AvgIpc) is 3.33. The Balaban J connectivity index is 3.37. The molecule has 2 unspecified atom stereocenters. The Hall–Kier alpha value is -0.610. The minimum atomic E-state index is -0.656. The fourth-order valence-corrected chi connectivity index (χ4v) is 10.5. The van der Waals surface area contributed by atoms with E-state index in [1.54, 1.807) is 0 Å². The van der Waals surface area contributed by atoms with E-state index >= 15 is 0 Å². The quantitative estimate of drug-likeness (QED) is 0.0532. The Kier molecular flexibility index (Phi) is 59.2. The van der Waals surface area contributed by atoms with E-state index in [4.69, 9.17) is 0 Å². The van der Waals surface area contributed by atoms with Gasteiger partial charge in [0.1, 0.15) is 0 Å². The van der Waals surface area contributed by atoms with Gasteiger partial charge in [-0.2, -0.15) is 0 Å². The van der Waals surface area contributed by atoms with Gasteiger partial charge in [0, 0.05) is 6.42 Å². The average molecular weight is 947 g/mol. The van der Waals surface area contributed by atoms with Gasteiger partial charge in [0.05, 0.1) is 18.8 Å². The maximum absolute atomic E-state index is 12.5. The fraction of sp³-hybridized carbons (Fsp3) is 0.984. The maximum Gasteiger partial charge on any atom is 0.220 e. The van der Waals surface area contributed by atoms with Gasteiger partial charge in [-0.05, 0) is 12.8 Å². The van der Waals surface area contributed by atoms with Crippen molar-refractivity contribution in [3.05, 3.63) is 0 Å². The zero-order valence-corrected chi connectivity index (χ0v) is 46.5. The summed E-state index contributed by atoms with van der Waals surface area (Å²) in [5.41, 5.74) is 0. The number of carbonyl (C=O) groups excluding carboxylic acids is 1. The summed E-state index contributed by atoms with van der Waals surface area (Å²) < 4.78 is 0. The lowest BCUT2D eigenvalue weighted by Crippen LogP contribution is -2.45. The van der Waals surface area contributed by atoms with Crippen LogP contribution >= 0.6 is 0 Å². The molecule has 0 rings (SSSR count). The monoisotopic (exact) mass is 946 g/mol. The first kappa shape index (κ1) is 66.4. The van der Waals surface area contributed by atoms with Crippen LogP contribution < -0.4 is 5.32 Å². The molecule has 4 heteroatoms. The summed E-state index contributed by atoms with van der Waals surface area (Å²) in [4.78, 5) is 12.5. The van der Waals surface area contributed by atoms with Gasteiger partial charge < -0.3 is 15.5 Å². The van der Waals surface area contributed by atoms with Crippen molar-refractivity contribution in [2.45, 2.75) is 392 Å². The molecule has 0 saturated heterocycles. The van der Waals surface area contributed by atoms with Gasteiger partial charge >= 0.3 is 0 Å². The van der Waals surface area contributed by atoms with E-state index in [9.17, 15) is 15.0 Å². The van der Waals surface area contributed by atoms with E-state index < -0.39 is 12.1 Å². The summed E-state index contributed by atoms with van der Waals surface area (Å²) in [6, 6.07) is -0.532. The topological polar surface area (TPSA) is 69.6 Å². The molecule has 0 radical (unpaired) electrons. The molecule has 67 heavy (non-hydrogen) atoms. The van der Waals surface area contributed by atoms with Crippen LogP contribution in [0.15, 0.2) is 0 Å². The normalized spacial score (nSPS) is 12.6. The second-order valence-electron chi connectivity index (χ2n) is 22.2. The lowest BCUT2D eigenvalue weighted by atomic mass is 10.0. The Morgan fingerprint density at radius 2 is 0.478 bits per heavy atom. The molecule has 2 atom stereocenters. The van der Waals surface area contributed by atoms with E-state index in [1.165, 1.54) is 327 Å². The van der Waals surface area contributed by atoms with Crippen LogP contribution in [-0.2, 0) is 4.79 Å². The first-order valence-corrected chi connectivity index (χ1v) is 31.7. The van der Waals surface area contributed by atoms with Crippen LogP contribution in [0.5, 0.6) is 0 Å². The summed E-state index contributed by atoms with van der Waals surface area (Å²) in [7, 11) is 0. The largest absolute Gasteiger partial charge is 0.394 e. The molecule has 0 saturated carbocycles. The number of amides is 1.